The Morgan fingerprint density at radius 1 is 1.19 bits per heavy atom. The van der Waals surface area contributed by atoms with Gasteiger partial charge in [0.1, 0.15) is 11.9 Å². The molecule has 1 N–H and O–H groups in total. The highest BCUT2D eigenvalue weighted by molar-refractivity contribution is 5.94. The van der Waals surface area contributed by atoms with E-state index in [0.717, 1.165) is 0 Å². The lowest BCUT2D eigenvalue weighted by Gasteiger charge is -2.36. The van der Waals surface area contributed by atoms with Gasteiger partial charge in [0.2, 0.25) is 0 Å². The van der Waals surface area contributed by atoms with Gasteiger partial charge in [-0.1, -0.05) is 0 Å². The van der Waals surface area contributed by atoms with Crippen LogP contribution < -0.4 is 0 Å². The summed E-state index contributed by atoms with van der Waals surface area (Å²) in [5.74, 6) is -1.49. The molecule has 6 heteroatoms. The molecular formula is C15H19FN2O3. The second kappa shape index (κ2) is 6.22. The molecule has 1 atom stereocenters. The van der Waals surface area contributed by atoms with Crippen LogP contribution in [0.5, 0.6) is 0 Å². The van der Waals surface area contributed by atoms with E-state index in [1.807, 2.05) is 4.90 Å². The molecular weight excluding hydrogens is 275 g/mol. The molecule has 0 radical (unpaired) electrons. The number of amides is 1. The molecule has 1 aliphatic rings. The fraction of sp³-hybridized carbons (Fsp3) is 0.467. The van der Waals surface area contributed by atoms with Crippen molar-refractivity contribution < 1.29 is 19.1 Å². The van der Waals surface area contributed by atoms with Crippen LogP contribution in [0.15, 0.2) is 18.2 Å². The normalized spacial score (nSPS) is 17.6. The molecule has 1 aliphatic heterocycles. The molecule has 5 nitrogen and oxygen atoms in total. The predicted molar refractivity (Wildman–Crippen MR) is 75.7 cm³/mol. The zero-order valence-corrected chi connectivity index (χ0v) is 12.2. The van der Waals surface area contributed by atoms with Gasteiger partial charge in [0, 0.05) is 31.7 Å². The number of rotatable bonds is 3. The van der Waals surface area contributed by atoms with Crippen molar-refractivity contribution in [2.45, 2.75) is 19.9 Å². The zero-order valence-electron chi connectivity index (χ0n) is 12.2. The van der Waals surface area contributed by atoms with E-state index in [0.29, 0.717) is 37.3 Å². The van der Waals surface area contributed by atoms with Crippen LogP contribution in [-0.4, -0.2) is 59.0 Å². The van der Waals surface area contributed by atoms with Gasteiger partial charge in [-0.25, -0.2) is 4.39 Å². The number of aliphatic carboxylic acids is 1. The molecule has 1 aromatic carbocycles. The maximum atomic E-state index is 13.4. The van der Waals surface area contributed by atoms with Crippen molar-refractivity contribution in [1.29, 1.82) is 0 Å². The second-order valence-electron chi connectivity index (χ2n) is 5.36. The van der Waals surface area contributed by atoms with E-state index in [4.69, 9.17) is 5.11 Å². The number of carboxylic acids is 1. The molecule has 0 aliphatic carbocycles. The maximum absolute atomic E-state index is 13.4. The fourth-order valence-electron chi connectivity index (χ4n) is 2.51. The van der Waals surface area contributed by atoms with Gasteiger partial charge in [-0.2, -0.15) is 0 Å². The third-order valence-corrected chi connectivity index (χ3v) is 3.80. The van der Waals surface area contributed by atoms with Crippen molar-refractivity contribution in [3.05, 3.63) is 35.1 Å². The van der Waals surface area contributed by atoms with Crippen LogP contribution >= 0.6 is 0 Å². The first kappa shape index (κ1) is 15.4. The van der Waals surface area contributed by atoms with Crippen LogP contribution in [-0.2, 0) is 4.79 Å². The molecule has 1 heterocycles. The summed E-state index contributed by atoms with van der Waals surface area (Å²) in [6.07, 6.45) is 0. The second-order valence-corrected chi connectivity index (χ2v) is 5.36. The molecule has 1 amide bonds. The Morgan fingerprint density at radius 3 is 2.33 bits per heavy atom. The largest absolute Gasteiger partial charge is 0.480 e. The third-order valence-electron chi connectivity index (χ3n) is 3.80. The molecule has 0 aromatic heterocycles. The maximum Gasteiger partial charge on any atom is 0.320 e. The highest BCUT2D eigenvalue weighted by Crippen LogP contribution is 2.14. The van der Waals surface area contributed by atoms with Gasteiger partial charge in [-0.3, -0.25) is 14.5 Å². The van der Waals surface area contributed by atoms with Crippen molar-refractivity contribution >= 4 is 11.9 Å². The first-order valence-corrected chi connectivity index (χ1v) is 6.92. The van der Waals surface area contributed by atoms with E-state index in [9.17, 15) is 14.0 Å². The van der Waals surface area contributed by atoms with Crippen LogP contribution in [0.25, 0.3) is 0 Å². The summed E-state index contributed by atoms with van der Waals surface area (Å²) in [5.41, 5.74) is 1.05. The number of carbonyl (C=O) groups is 2. The minimum Gasteiger partial charge on any atom is -0.480 e. The first-order chi connectivity index (χ1) is 9.88. The molecule has 2 rings (SSSR count). The zero-order chi connectivity index (χ0) is 15.6. The number of carbonyl (C=O) groups excluding carboxylic acids is 1. The average molecular weight is 294 g/mol. The van der Waals surface area contributed by atoms with Crippen LogP contribution in [0.1, 0.15) is 22.8 Å². The SMILES string of the molecule is Cc1cc(F)cc(C(=O)N2CCN(C(C)C(=O)O)CC2)c1. The van der Waals surface area contributed by atoms with Crippen molar-refractivity contribution in [2.24, 2.45) is 0 Å². The van der Waals surface area contributed by atoms with Gasteiger partial charge in [-0.15, -0.1) is 0 Å². The number of carboxylic acid groups (broad SMARTS) is 1. The molecule has 1 aromatic rings. The smallest absolute Gasteiger partial charge is 0.320 e. The van der Waals surface area contributed by atoms with Crippen LogP contribution in [0.3, 0.4) is 0 Å². The van der Waals surface area contributed by atoms with E-state index in [1.54, 1.807) is 24.8 Å². The lowest BCUT2D eigenvalue weighted by Crippen LogP contribution is -2.53. The number of hydrogen-bond donors (Lipinski definition) is 1. The number of halogens is 1. The summed E-state index contributed by atoms with van der Waals surface area (Å²) in [4.78, 5) is 26.7. The quantitative estimate of drug-likeness (QED) is 0.914. The molecule has 0 bridgehead atoms. The topological polar surface area (TPSA) is 60.9 Å². The number of benzene rings is 1. The van der Waals surface area contributed by atoms with E-state index in [2.05, 4.69) is 0 Å². The molecule has 1 unspecified atom stereocenters. The van der Waals surface area contributed by atoms with Crippen LogP contribution in [0.4, 0.5) is 4.39 Å². The molecule has 0 saturated carbocycles. The number of piperazine rings is 1. The Hall–Kier alpha value is -1.95. The summed E-state index contributed by atoms with van der Waals surface area (Å²) in [7, 11) is 0. The van der Waals surface area contributed by atoms with Crippen LogP contribution in [0.2, 0.25) is 0 Å². The predicted octanol–water partition coefficient (Wildman–Crippen LogP) is 1.37. The summed E-state index contributed by atoms with van der Waals surface area (Å²) in [6.45, 7) is 5.29. The van der Waals surface area contributed by atoms with Gasteiger partial charge in [0.25, 0.3) is 5.91 Å². The van der Waals surface area contributed by atoms with Crippen molar-refractivity contribution in [3.8, 4) is 0 Å². The molecule has 1 saturated heterocycles. The summed E-state index contributed by atoms with van der Waals surface area (Å²) in [5, 5.41) is 8.98. The van der Waals surface area contributed by atoms with Gasteiger partial charge in [0.05, 0.1) is 0 Å². The number of hydrogen-bond acceptors (Lipinski definition) is 3. The van der Waals surface area contributed by atoms with Gasteiger partial charge < -0.3 is 10.0 Å². The van der Waals surface area contributed by atoms with Crippen LogP contribution in [0, 0.1) is 12.7 Å². The Bertz CT molecular complexity index is 534. The Labute approximate surface area is 123 Å². The highest BCUT2D eigenvalue weighted by atomic mass is 19.1. The summed E-state index contributed by atoms with van der Waals surface area (Å²) >= 11 is 0. The van der Waals surface area contributed by atoms with Gasteiger partial charge in [-0.05, 0) is 37.6 Å². The lowest BCUT2D eigenvalue weighted by molar-refractivity contribution is -0.143. The van der Waals surface area contributed by atoms with Crippen molar-refractivity contribution in [1.82, 2.24) is 9.80 Å². The van der Waals surface area contributed by atoms with Crippen molar-refractivity contribution in [2.75, 3.05) is 26.2 Å². The average Bonchev–Trinajstić information content (AvgIpc) is 2.44. The number of nitrogens with zero attached hydrogens (tertiary/aromatic N) is 2. The van der Waals surface area contributed by atoms with E-state index in [-0.39, 0.29) is 5.91 Å². The Balaban J connectivity index is 2.01. The third kappa shape index (κ3) is 3.58. The first-order valence-electron chi connectivity index (χ1n) is 6.92. The summed E-state index contributed by atoms with van der Waals surface area (Å²) < 4.78 is 13.4. The van der Waals surface area contributed by atoms with E-state index in [1.165, 1.54) is 12.1 Å². The molecule has 0 spiro atoms. The van der Waals surface area contributed by atoms with E-state index >= 15 is 0 Å². The Morgan fingerprint density at radius 2 is 1.81 bits per heavy atom. The fourth-order valence-corrected chi connectivity index (χ4v) is 2.51. The Kier molecular flexibility index (Phi) is 4.57. The summed E-state index contributed by atoms with van der Waals surface area (Å²) in [6, 6.07) is 3.72. The minimum absolute atomic E-state index is 0.208. The highest BCUT2D eigenvalue weighted by Gasteiger charge is 2.27. The molecule has 21 heavy (non-hydrogen) atoms. The standard InChI is InChI=1S/C15H19FN2O3/c1-10-7-12(9-13(16)8-10)14(19)18-5-3-17(4-6-18)11(2)15(20)21/h7-9,11H,3-6H2,1-2H3,(H,20,21). The van der Waals surface area contributed by atoms with E-state index < -0.39 is 17.8 Å². The van der Waals surface area contributed by atoms with Crippen molar-refractivity contribution in [3.63, 3.8) is 0 Å². The minimum atomic E-state index is -0.865. The number of aryl methyl sites for hydroxylation is 1. The monoisotopic (exact) mass is 294 g/mol. The van der Waals surface area contributed by atoms with Gasteiger partial charge in [0.15, 0.2) is 0 Å². The lowest BCUT2D eigenvalue weighted by atomic mass is 10.1. The molecule has 114 valence electrons. The van der Waals surface area contributed by atoms with Gasteiger partial charge >= 0.3 is 5.97 Å². The molecule has 1 fully saturated rings.